The van der Waals surface area contributed by atoms with E-state index in [1.54, 1.807) is 0 Å². The third-order valence-corrected chi connectivity index (χ3v) is 3.69. The fourth-order valence-corrected chi connectivity index (χ4v) is 2.49. The predicted molar refractivity (Wildman–Crippen MR) is 72.0 cm³/mol. The zero-order valence-electron chi connectivity index (χ0n) is 10.9. The Morgan fingerprint density at radius 1 is 1.33 bits per heavy atom. The molecule has 1 saturated heterocycles. The van der Waals surface area contributed by atoms with E-state index >= 15 is 0 Å². The normalized spacial score (nSPS) is 18.3. The number of nitrogens with zero attached hydrogens (tertiary/aromatic N) is 2. The minimum Gasteiger partial charge on any atom is -0.490 e. The van der Waals surface area contributed by atoms with Crippen molar-refractivity contribution in [2.75, 3.05) is 20.1 Å². The first-order chi connectivity index (χ1) is 8.72. The highest BCUT2D eigenvalue weighted by Crippen LogP contribution is 2.26. The molecule has 1 aliphatic rings. The number of fused-ring (bicyclic) bond motifs is 1. The smallest absolute Gasteiger partial charge is 0.124 e. The van der Waals surface area contributed by atoms with Crippen molar-refractivity contribution in [3.63, 3.8) is 0 Å². The van der Waals surface area contributed by atoms with Crippen LogP contribution in [0.5, 0.6) is 5.75 Å². The van der Waals surface area contributed by atoms with Crippen LogP contribution in [0.2, 0.25) is 0 Å². The van der Waals surface area contributed by atoms with Gasteiger partial charge in [-0.3, -0.25) is 5.10 Å². The van der Waals surface area contributed by atoms with Crippen molar-refractivity contribution in [1.82, 2.24) is 15.1 Å². The number of likely N-dealkylation sites (tertiary alicyclic amines) is 1. The van der Waals surface area contributed by atoms with E-state index in [-0.39, 0.29) is 0 Å². The largest absolute Gasteiger partial charge is 0.490 e. The van der Waals surface area contributed by atoms with E-state index in [0.717, 1.165) is 42.6 Å². The van der Waals surface area contributed by atoms with Gasteiger partial charge in [-0.15, -0.1) is 0 Å². The molecule has 4 nitrogen and oxygen atoms in total. The third-order valence-electron chi connectivity index (χ3n) is 3.69. The monoisotopic (exact) mass is 245 g/mol. The summed E-state index contributed by atoms with van der Waals surface area (Å²) in [5, 5.41) is 8.19. The molecule has 0 aliphatic carbocycles. The maximum Gasteiger partial charge on any atom is 0.124 e. The van der Waals surface area contributed by atoms with E-state index < -0.39 is 0 Å². The van der Waals surface area contributed by atoms with Crippen LogP contribution in [0.25, 0.3) is 10.9 Å². The maximum absolute atomic E-state index is 6.14. The molecule has 1 aliphatic heterocycles. The Morgan fingerprint density at radius 2 is 2.11 bits per heavy atom. The Morgan fingerprint density at radius 3 is 2.89 bits per heavy atom. The molecule has 0 saturated carbocycles. The lowest BCUT2D eigenvalue weighted by Gasteiger charge is -2.29. The van der Waals surface area contributed by atoms with Crippen molar-refractivity contribution in [3.8, 4) is 5.75 Å². The Kier molecular flexibility index (Phi) is 2.96. The second-order valence-electron chi connectivity index (χ2n) is 5.20. The number of aryl methyl sites for hydroxylation is 1. The van der Waals surface area contributed by atoms with Crippen molar-refractivity contribution in [1.29, 1.82) is 0 Å². The molecule has 0 unspecified atom stereocenters. The first-order valence-corrected chi connectivity index (χ1v) is 6.51. The lowest BCUT2D eigenvalue weighted by molar-refractivity contribution is 0.114. The summed E-state index contributed by atoms with van der Waals surface area (Å²) in [4.78, 5) is 2.35. The van der Waals surface area contributed by atoms with Crippen LogP contribution in [0.4, 0.5) is 0 Å². The van der Waals surface area contributed by atoms with Gasteiger partial charge >= 0.3 is 0 Å². The average molecular weight is 245 g/mol. The number of piperidine rings is 1. The van der Waals surface area contributed by atoms with Gasteiger partial charge in [-0.2, -0.15) is 5.10 Å². The maximum atomic E-state index is 6.14. The molecule has 96 valence electrons. The van der Waals surface area contributed by atoms with Crippen LogP contribution in [0.3, 0.4) is 0 Å². The lowest BCUT2D eigenvalue weighted by Crippen LogP contribution is -2.35. The standard InChI is InChI=1S/C14H19N3O/c1-10-7-11-9-15-16-13(11)8-14(10)18-12-3-5-17(2)6-4-12/h7-9,12H,3-6H2,1-2H3,(H,15,16). The first-order valence-electron chi connectivity index (χ1n) is 6.51. The Hall–Kier alpha value is -1.55. The van der Waals surface area contributed by atoms with Crippen LogP contribution in [0.15, 0.2) is 18.3 Å². The molecule has 4 heteroatoms. The lowest BCUT2D eigenvalue weighted by atomic mass is 10.1. The predicted octanol–water partition coefficient (Wildman–Crippen LogP) is 2.34. The van der Waals surface area contributed by atoms with E-state index in [1.165, 1.54) is 5.56 Å². The molecule has 1 N–H and O–H groups in total. The second kappa shape index (κ2) is 4.61. The summed E-state index contributed by atoms with van der Waals surface area (Å²) in [7, 11) is 2.16. The Balaban J connectivity index is 1.79. The van der Waals surface area contributed by atoms with Crippen LogP contribution in [0.1, 0.15) is 18.4 Å². The summed E-state index contributed by atoms with van der Waals surface area (Å²) < 4.78 is 6.14. The number of benzene rings is 1. The van der Waals surface area contributed by atoms with Gasteiger partial charge in [-0.25, -0.2) is 0 Å². The molecule has 1 fully saturated rings. The first kappa shape index (κ1) is 11.5. The minimum absolute atomic E-state index is 0.347. The number of hydrogen-bond acceptors (Lipinski definition) is 3. The summed E-state index contributed by atoms with van der Waals surface area (Å²) in [5.74, 6) is 0.987. The van der Waals surface area contributed by atoms with Crippen LogP contribution < -0.4 is 4.74 Å². The van der Waals surface area contributed by atoms with E-state index in [2.05, 4.69) is 41.2 Å². The SMILES string of the molecule is Cc1cc2cn[nH]c2cc1OC1CCN(C)CC1. The number of aromatic amines is 1. The van der Waals surface area contributed by atoms with Crippen molar-refractivity contribution in [2.24, 2.45) is 0 Å². The molecule has 1 aromatic heterocycles. The molecule has 2 heterocycles. The highest BCUT2D eigenvalue weighted by Gasteiger charge is 2.18. The number of rotatable bonds is 2. The van der Waals surface area contributed by atoms with Crippen LogP contribution in [0, 0.1) is 6.92 Å². The molecule has 1 aromatic carbocycles. The van der Waals surface area contributed by atoms with Gasteiger partial charge in [0.25, 0.3) is 0 Å². The molecule has 0 spiro atoms. The number of ether oxygens (including phenoxy) is 1. The number of nitrogens with one attached hydrogen (secondary N) is 1. The van der Waals surface area contributed by atoms with Crippen LogP contribution in [-0.4, -0.2) is 41.3 Å². The topological polar surface area (TPSA) is 41.1 Å². The van der Waals surface area contributed by atoms with Gasteiger partial charge in [0.2, 0.25) is 0 Å². The number of H-pyrrole nitrogens is 1. The van der Waals surface area contributed by atoms with Gasteiger partial charge in [0, 0.05) is 24.5 Å². The van der Waals surface area contributed by atoms with E-state index in [0.29, 0.717) is 6.10 Å². The summed E-state index contributed by atoms with van der Waals surface area (Å²) in [5.41, 5.74) is 2.23. The van der Waals surface area contributed by atoms with Gasteiger partial charge in [-0.1, -0.05) is 0 Å². The second-order valence-corrected chi connectivity index (χ2v) is 5.20. The molecule has 3 rings (SSSR count). The van der Waals surface area contributed by atoms with E-state index in [1.807, 2.05) is 6.20 Å². The fourth-order valence-electron chi connectivity index (χ4n) is 2.49. The Bertz CT molecular complexity index is 541. The van der Waals surface area contributed by atoms with Gasteiger partial charge in [-0.05, 0) is 38.4 Å². The summed E-state index contributed by atoms with van der Waals surface area (Å²) >= 11 is 0. The van der Waals surface area contributed by atoms with Crippen molar-refractivity contribution in [2.45, 2.75) is 25.9 Å². The molecule has 0 radical (unpaired) electrons. The third kappa shape index (κ3) is 2.20. The molecule has 0 bridgehead atoms. The van der Waals surface area contributed by atoms with Crippen LogP contribution >= 0.6 is 0 Å². The molecule has 2 aromatic rings. The number of aromatic nitrogens is 2. The zero-order chi connectivity index (χ0) is 12.5. The molecular weight excluding hydrogens is 226 g/mol. The highest BCUT2D eigenvalue weighted by atomic mass is 16.5. The summed E-state index contributed by atoms with van der Waals surface area (Å²) in [6.07, 6.45) is 4.41. The number of hydrogen-bond donors (Lipinski definition) is 1. The fraction of sp³-hybridized carbons (Fsp3) is 0.500. The van der Waals surface area contributed by atoms with Gasteiger partial charge < -0.3 is 9.64 Å². The van der Waals surface area contributed by atoms with Gasteiger partial charge in [0.05, 0.1) is 11.7 Å². The van der Waals surface area contributed by atoms with Gasteiger partial charge in [0.15, 0.2) is 0 Å². The van der Waals surface area contributed by atoms with Crippen molar-refractivity contribution < 1.29 is 4.74 Å². The molecule has 0 atom stereocenters. The minimum atomic E-state index is 0.347. The molecule has 0 amide bonds. The summed E-state index contributed by atoms with van der Waals surface area (Å²) in [6, 6.07) is 4.19. The van der Waals surface area contributed by atoms with Gasteiger partial charge in [0.1, 0.15) is 11.9 Å². The quantitative estimate of drug-likeness (QED) is 0.883. The average Bonchev–Trinajstić information content (AvgIpc) is 2.79. The highest BCUT2D eigenvalue weighted by molar-refractivity contribution is 5.80. The van der Waals surface area contributed by atoms with Crippen molar-refractivity contribution in [3.05, 3.63) is 23.9 Å². The zero-order valence-corrected chi connectivity index (χ0v) is 10.9. The van der Waals surface area contributed by atoms with Crippen molar-refractivity contribution >= 4 is 10.9 Å². The summed E-state index contributed by atoms with van der Waals surface area (Å²) in [6.45, 7) is 4.34. The van der Waals surface area contributed by atoms with E-state index in [9.17, 15) is 0 Å². The molecular formula is C14H19N3O. The molecule has 18 heavy (non-hydrogen) atoms. The Labute approximate surface area is 107 Å². The van der Waals surface area contributed by atoms with Crippen LogP contribution in [-0.2, 0) is 0 Å². The van der Waals surface area contributed by atoms with E-state index in [4.69, 9.17) is 4.74 Å².